The van der Waals surface area contributed by atoms with E-state index in [-0.39, 0.29) is 4.90 Å². The van der Waals surface area contributed by atoms with Crippen molar-refractivity contribution >= 4 is 21.7 Å². The average molecular weight is 286 g/mol. The predicted octanol–water partition coefficient (Wildman–Crippen LogP) is 0.846. The lowest BCUT2D eigenvalue weighted by atomic mass is 10.3. The van der Waals surface area contributed by atoms with E-state index in [2.05, 4.69) is 0 Å². The summed E-state index contributed by atoms with van der Waals surface area (Å²) in [7, 11) is 1.05. The molecule has 0 radical (unpaired) electrons. The van der Waals surface area contributed by atoms with Crippen LogP contribution in [0, 0.1) is 0 Å². The topological polar surface area (TPSA) is 77.9 Å². The first-order chi connectivity index (χ1) is 8.67. The van der Waals surface area contributed by atoms with Gasteiger partial charge in [-0.1, -0.05) is 6.07 Å². The number of anilines is 1. The normalized spacial score (nSPS) is 13.3. The molecule has 6 nitrogen and oxygen atoms in total. The molecule has 0 aliphatic rings. The van der Waals surface area contributed by atoms with Gasteiger partial charge in [0.1, 0.15) is 6.04 Å². The fraction of sp³-hybridized carbons (Fsp3) is 0.417. The second-order valence-electron chi connectivity index (χ2n) is 4.43. The Balaban J connectivity index is 3.20. The molecule has 1 aromatic carbocycles. The number of carbonyl (C=O) groups is 1. The van der Waals surface area contributed by atoms with Crippen LogP contribution in [0.15, 0.2) is 29.2 Å². The highest BCUT2D eigenvalue weighted by molar-refractivity contribution is 7.89. The van der Waals surface area contributed by atoms with Gasteiger partial charge < -0.3 is 10.0 Å². The lowest BCUT2D eigenvalue weighted by Gasteiger charge is -2.22. The number of likely N-dealkylation sites (N-methyl/N-ethyl adjacent to an activating group) is 1. The van der Waals surface area contributed by atoms with Crippen LogP contribution >= 0.6 is 0 Å². The molecule has 106 valence electrons. The zero-order valence-corrected chi connectivity index (χ0v) is 12.2. The molecular formula is C12H18N2O4S. The van der Waals surface area contributed by atoms with Crippen LogP contribution in [-0.4, -0.2) is 51.0 Å². The molecule has 0 amide bonds. The summed E-state index contributed by atoms with van der Waals surface area (Å²) in [5.74, 6) is -1.19. The Morgan fingerprint density at radius 1 is 1.26 bits per heavy atom. The third-order valence-electron chi connectivity index (χ3n) is 2.91. The first-order valence-corrected chi connectivity index (χ1v) is 7.10. The lowest BCUT2D eigenvalue weighted by molar-refractivity contribution is -0.140. The molecule has 0 fully saturated rings. The summed E-state index contributed by atoms with van der Waals surface area (Å²) in [6, 6.07) is 5.25. The predicted molar refractivity (Wildman–Crippen MR) is 72.8 cm³/mol. The van der Waals surface area contributed by atoms with Crippen LogP contribution in [0.5, 0.6) is 0 Å². The van der Waals surface area contributed by atoms with Gasteiger partial charge in [-0.15, -0.1) is 0 Å². The third-order valence-corrected chi connectivity index (χ3v) is 4.84. The Bertz CT molecular complexity index is 569. The summed E-state index contributed by atoms with van der Waals surface area (Å²) in [4.78, 5) is 12.7. The van der Waals surface area contributed by atoms with E-state index in [0.29, 0.717) is 0 Å². The summed E-state index contributed by atoms with van der Waals surface area (Å²) in [5.41, 5.74) is 0.734. The zero-order valence-electron chi connectivity index (χ0n) is 11.4. The number of sulfonamides is 1. The van der Waals surface area contributed by atoms with E-state index in [4.69, 9.17) is 5.11 Å². The second kappa shape index (κ2) is 5.58. The van der Waals surface area contributed by atoms with Crippen LogP contribution in [0.2, 0.25) is 0 Å². The maximum atomic E-state index is 12.3. The number of nitrogens with zero attached hydrogens (tertiary/aromatic N) is 2. The molecule has 0 spiro atoms. The molecule has 0 saturated carbocycles. The van der Waals surface area contributed by atoms with Crippen LogP contribution in [0.25, 0.3) is 0 Å². The number of carboxylic acids is 1. The van der Waals surface area contributed by atoms with E-state index < -0.39 is 22.0 Å². The van der Waals surface area contributed by atoms with Gasteiger partial charge in [0.15, 0.2) is 0 Å². The molecular weight excluding hydrogens is 268 g/mol. The smallest absolute Gasteiger partial charge is 0.321 e. The molecule has 0 heterocycles. The van der Waals surface area contributed by atoms with Gasteiger partial charge in [-0.05, 0) is 25.1 Å². The maximum absolute atomic E-state index is 12.3. The van der Waals surface area contributed by atoms with Crippen molar-refractivity contribution in [2.45, 2.75) is 17.9 Å². The highest BCUT2D eigenvalue weighted by atomic mass is 32.2. The highest BCUT2D eigenvalue weighted by Crippen LogP contribution is 2.21. The van der Waals surface area contributed by atoms with Gasteiger partial charge in [-0.3, -0.25) is 4.79 Å². The molecule has 0 aliphatic heterocycles. The first kappa shape index (κ1) is 15.5. The van der Waals surface area contributed by atoms with Gasteiger partial charge in [0.05, 0.1) is 4.90 Å². The minimum Gasteiger partial charge on any atom is -0.480 e. The SMILES string of the molecule is CC(C(=O)O)N(C)S(=O)(=O)c1cccc(N(C)C)c1. The van der Waals surface area contributed by atoms with E-state index in [1.165, 1.54) is 26.1 Å². The van der Waals surface area contributed by atoms with Crippen LogP contribution in [-0.2, 0) is 14.8 Å². The van der Waals surface area contributed by atoms with E-state index in [0.717, 1.165) is 9.99 Å². The van der Waals surface area contributed by atoms with E-state index >= 15 is 0 Å². The maximum Gasteiger partial charge on any atom is 0.321 e. The number of carboxylic acid groups (broad SMARTS) is 1. The fourth-order valence-electron chi connectivity index (χ4n) is 1.45. The summed E-state index contributed by atoms with van der Waals surface area (Å²) >= 11 is 0. The summed E-state index contributed by atoms with van der Waals surface area (Å²) in [5, 5.41) is 8.89. The molecule has 7 heteroatoms. The summed E-state index contributed by atoms with van der Waals surface area (Å²) in [6.45, 7) is 1.33. The van der Waals surface area contributed by atoms with Crippen LogP contribution in [0.3, 0.4) is 0 Å². The number of hydrogen-bond acceptors (Lipinski definition) is 4. The van der Waals surface area contributed by atoms with Crippen LogP contribution < -0.4 is 4.90 Å². The van der Waals surface area contributed by atoms with Gasteiger partial charge in [0, 0.05) is 26.8 Å². The van der Waals surface area contributed by atoms with Gasteiger partial charge >= 0.3 is 5.97 Å². The second-order valence-corrected chi connectivity index (χ2v) is 6.42. The van der Waals surface area contributed by atoms with Crippen molar-refractivity contribution in [2.75, 3.05) is 26.0 Å². The Morgan fingerprint density at radius 3 is 2.32 bits per heavy atom. The molecule has 1 unspecified atom stereocenters. The third kappa shape index (κ3) is 3.24. The monoisotopic (exact) mass is 286 g/mol. The van der Waals surface area contributed by atoms with Gasteiger partial charge in [-0.25, -0.2) is 8.42 Å². The van der Waals surface area contributed by atoms with Gasteiger partial charge in [0.25, 0.3) is 0 Å². The van der Waals surface area contributed by atoms with Gasteiger partial charge in [0.2, 0.25) is 10.0 Å². The van der Waals surface area contributed by atoms with Crippen molar-refractivity contribution in [2.24, 2.45) is 0 Å². The fourth-order valence-corrected chi connectivity index (χ4v) is 2.81. The lowest BCUT2D eigenvalue weighted by Crippen LogP contribution is -2.40. The molecule has 0 aromatic heterocycles. The van der Waals surface area contributed by atoms with E-state index in [9.17, 15) is 13.2 Å². The van der Waals surface area contributed by atoms with Crippen molar-refractivity contribution < 1.29 is 18.3 Å². The molecule has 0 saturated heterocycles. The summed E-state index contributed by atoms with van der Waals surface area (Å²) < 4.78 is 25.4. The van der Waals surface area contributed by atoms with E-state index in [1.807, 2.05) is 0 Å². The molecule has 1 aromatic rings. The molecule has 1 rings (SSSR count). The molecule has 1 atom stereocenters. The standard InChI is InChI=1S/C12H18N2O4S/c1-9(12(15)16)14(4)19(17,18)11-7-5-6-10(8-11)13(2)3/h5-9H,1-4H3,(H,15,16). The van der Waals surface area contributed by atoms with Crippen molar-refractivity contribution in [1.29, 1.82) is 0 Å². The largest absolute Gasteiger partial charge is 0.480 e. The highest BCUT2D eigenvalue weighted by Gasteiger charge is 2.29. The van der Waals surface area contributed by atoms with Crippen molar-refractivity contribution in [3.8, 4) is 0 Å². The van der Waals surface area contributed by atoms with Crippen LogP contribution in [0.1, 0.15) is 6.92 Å². The number of aliphatic carboxylic acids is 1. The Hall–Kier alpha value is -1.60. The van der Waals surface area contributed by atoms with Crippen molar-refractivity contribution in [1.82, 2.24) is 4.31 Å². The molecule has 0 bridgehead atoms. The van der Waals surface area contributed by atoms with Gasteiger partial charge in [-0.2, -0.15) is 4.31 Å². The quantitative estimate of drug-likeness (QED) is 0.868. The van der Waals surface area contributed by atoms with E-state index in [1.54, 1.807) is 31.1 Å². The van der Waals surface area contributed by atoms with Crippen molar-refractivity contribution in [3.05, 3.63) is 24.3 Å². The Labute approximate surface area is 113 Å². The first-order valence-electron chi connectivity index (χ1n) is 5.66. The minimum absolute atomic E-state index is 0.0781. The number of hydrogen-bond donors (Lipinski definition) is 1. The zero-order chi connectivity index (χ0) is 14.8. The molecule has 0 aliphatic carbocycles. The minimum atomic E-state index is -3.81. The molecule has 1 N–H and O–H groups in total. The Morgan fingerprint density at radius 2 is 1.84 bits per heavy atom. The summed E-state index contributed by atoms with van der Waals surface area (Å²) in [6.07, 6.45) is 0. The Kier molecular flexibility index (Phi) is 4.54. The average Bonchev–Trinajstić information content (AvgIpc) is 2.36. The molecule has 19 heavy (non-hydrogen) atoms. The van der Waals surface area contributed by atoms with Crippen molar-refractivity contribution in [3.63, 3.8) is 0 Å². The number of rotatable bonds is 5. The number of benzene rings is 1. The van der Waals surface area contributed by atoms with Crippen LogP contribution in [0.4, 0.5) is 5.69 Å².